The lowest BCUT2D eigenvalue weighted by Gasteiger charge is -2.25. The van der Waals surface area contributed by atoms with E-state index in [9.17, 15) is 0 Å². The molecule has 208 valence electrons. The van der Waals surface area contributed by atoms with Gasteiger partial charge in [-0.05, 0) is 76.9 Å². The number of nitrogens with zero attached hydrogens (tertiary/aromatic N) is 4. The van der Waals surface area contributed by atoms with Crippen molar-refractivity contribution in [1.29, 1.82) is 0 Å². The van der Waals surface area contributed by atoms with Crippen LogP contribution in [0.3, 0.4) is 0 Å². The minimum Gasteiger partial charge on any atom is -0.311 e. The highest BCUT2D eigenvalue weighted by Crippen LogP contribution is 2.37. The van der Waals surface area contributed by atoms with Crippen LogP contribution in [-0.4, -0.2) is 14.5 Å². The number of fused-ring (bicyclic) bond motifs is 3. The first-order valence-corrected chi connectivity index (χ1v) is 14.8. The average Bonchev–Trinajstić information content (AvgIpc) is 3.44. The van der Waals surface area contributed by atoms with E-state index in [2.05, 4.69) is 171 Å². The summed E-state index contributed by atoms with van der Waals surface area (Å²) in [6.45, 7) is 0. The molecule has 0 atom stereocenters. The van der Waals surface area contributed by atoms with Gasteiger partial charge in [-0.1, -0.05) is 103 Å². The van der Waals surface area contributed by atoms with Gasteiger partial charge in [0.1, 0.15) is 0 Å². The van der Waals surface area contributed by atoms with Crippen LogP contribution in [0.25, 0.3) is 50.0 Å². The van der Waals surface area contributed by atoms with Crippen LogP contribution in [0.5, 0.6) is 0 Å². The van der Waals surface area contributed by atoms with Crippen molar-refractivity contribution in [2.24, 2.45) is 0 Å². The molecule has 0 spiro atoms. The first-order valence-electron chi connectivity index (χ1n) is 14.8. The number of anilines is 3. The summed E-state index contributed by atoms with van der Waals surface area (Å²) in [5.41, 5.74) is 10.2. The summed E-state index contributed by atoms with van der Waals surface area (Å²) in [7, 11) is 0. The lowest BCUT2D eigenvalue weighted by atomic mass is 9.99. The Morgan fingerprint density at radius 2 is 0.864 bits per heavy atom. The standard InChI is InChI=1S/C40H28N4/c1-3-10-33(11-4-1)43(34-12-5-2-6-13-34)35-23-20-30(21-24-35)29-16-18-31(19-17-29)32-22-25-37-36-14-7-8-15-38(36)44(39(37)28-32)40-41-26-9-27-42-40/h1-28H. The van der Waals surface area contributed by atoms with E-state index in [-0.39, 0.29) is 0 Å². The van der Waals surface area contributed by atoms with Crippen LogP contribution >= 0.6 is 0 Å². The van der Waals surface area contributed by atoms with Crippen LogP contribution in [-0.2, 0) is 0 Å². The first-order chi connectivity index (χ1) is 21.8. The lowest BCUT2D eigenvalue weighted by Crippen LogP contribution is -2.09. The van der Waals surface area contributed by atoms with Gasteiger partial charge in [0.05, 0.1) is 11.0 Å². The Morgan fingerprint density at radius 3 is 1.50 bits per heavy atom. The van der Waals surface area contributed by atoms with E-state index < -0.39 is 0 Å². The molecule has 0 aliphatic carbocycles. The maximum atomic E-state index is 4.57. The maximum Gasteiger partial charge on any atom is 0.234 e. The molecular weight excluding hydrogens is 536 g/mol. The molecule has 2 heterocycles. The smallest absolute Gasteiger partial charge is 0.234 e. The van der Waals surface area contributed by atoms with Gasteiger partial charge < -0.3 is 4.90 Å². The molecule has 0 amide bonds. The zero-order valence-corrected chi connectivity index (χ0v) is 24.0. The minimum atomic E-state index is 0.674. The largest absolute Gasteiger partial charge is 0.311 e. The molecule has 8 rings (SSSR count). The molecule has 0 radical (unpaired) electrons. The van der Waals surface area contributed by atoms with Gasteiger partial charge in [0, 0.05) is 40.2 Å². The second-order valence-electron chi connectivity index (χ2n) is 10.8. The Balaban J connectivity index is 1.13. The quantitative estimate of drug-likeness (QED) is 0.201. The zero-order valence-electron chi connectivity index (χ0n) is 24.0. The number of rotatable bonds is 6. The van der Waals surface area contributed by atoms with E-state index in [0.717, 1.165) is 39.2 Å². The van der Waals surface area contributed by atoms with E-state index in [0.29, 0.717) is 5.95 Å². The van der Waals surface area contributed by atoms with Crippen LogP contribution < -0.4 is 4.90 Å². The normalized spacial score (nSPS) is 11.2. The zero-order chi connectivity index (χ0) is 29.3. The van der Waals surface area contributed by atoms with Crippen molar-refractivity contribution in [1.82, 2.24) is 14.5 Å². The van der Waals surface area contributed by atoms with Crippen LogP contribution in [0.2, 0.25) is 0 Å². The van der Waals surface area contributed by atoms with E-state index >= 15 is 0 Å². The first kappa shape index (κ1) is 25.7. The monoisotopic (exact) mass is 564 g/mol. The van der Waals surface area contributed by atoms with Gasteiger partial charge in [0.25, 0.3) is 0 Å². The Kier molecular flexibility index (Phi) is 6.43. The molecule has 0 saturated carbocycles. The van der Waals surface area contributed by atoms with E-state index in [1.807, 2.05) is 6.07 Å². The molecule has 44 heavy (non-hydrogen) atoms. The molecule has 0 saturated heterocycles. The number of benzene rings is 6. The van der Waals surface area contributed by atoms with Crippen molar-refractivity contribution in [3.05, 3.63) is 170 Å². The predicted octanol–water partition coefficient (Wildman–Crippen LogP) is 10.4. The average molecular weight is 565 g/mol. The SMILES string of the molecule is c1ccc(N(c2ccccc2)c2ccc(-c3ccc(-c4ccc5c6ccccc6n(-c6ncccn6)c5c4)cc3)cc2)cc1. The van der Waals surface area contributed by atoms with Gasteiger partial charge in [0.2, 0.25) is 5.95 Å². The van der Waals surface area contributed by atoms with Crippen LogP contribution in [0, 0.1) is 0 Å². The highest BCUT2D eigenvalue weighted by Gasteiger charge is 2.15. The van der Waals surface area contributed by atoms with E-state index in [4.69, 9.17) is 0 Å². The van der Waals surface area contributed by atoms with Gasteiger partial charge in [0.15, 0.2) is 0 Å². The van der Waals surface area contributed by atoms with Gasteiger partial charge in [-0.2, -0.15) is 0 Å². The molecule has 2 aromatic heterocycles. The third-order valence-corrected chi connectivity index (χ3v) is 8.13. The van der Waals surface area contributed by atoms with Crippen molar-refractivity contribution in [2.45, 2.75) is 0 Å². The summed E-state index contributed by atoms with van der Waals surface area (Å²) in [6.07, 6.45) is 3.58. The second kappa shape index (κ2) is 11.0. The Morgan fingerprint density at radius 1 is 0.386 bits per heavy atom. The summed E-state index contributed by atoms with van der Waals surface area (Å²) in [6, 6.07) is 55.5. The Labute approximate surface area is 256 Å². The van der Waals surface area contributed by atoms with Gasteiger partial charge in [-0.25, -0.2) is 9.97 Å². The summed E-state index contributed by atoms with van der Waals surface area (Å²) < 4.78 is 2.15. The van der Waals surface area contributed by atoms with Gasteiger partial charge in [-0.15, -0.1) is 0 Å². The molecule has 6 aromatic carbocycles. The third-order valence-electron chi connectivity index (χ3n) is 8.13. The molecule has 8 aromatic rings. The van der Waals surface area contributed by atoms with Gasteiger partial charge in [-0.3, -0.25) is 4.57 Å². The van der Waals surface area contributed by atoms with Crippen molar-refractivity contribution in [3.8, 4) is 28.2 Å². The molecule has 0 bridgehead atoms. The van der Waals surface area contributed by atoms with E-state index in [1.54, 1.807) is 12.4 Å². The molecular formula is C40H28N4. The molecule has 0 aliphatic rings. The third kappa shape index (κ3) is 4.59. The summed E-state index contributed by atoms with van der Waals surface area (Å²) >= 11 is 0. The molecule has 0 fully saturated rings. The van der Waals surface area contributed by atoms with Crippen LogP contribution in [0.4, 0.5) is 17.1 Å². The molecule has 0 unspecified atom stereocenters. The van der Waals surface area contributed by atoms with Crippen molar-refractivity contribution in [2.75, 3.05) is 4.90 Å². The summed E-state index contributed by atoms with van der Waals surface area (Å²) in [5, 5.41) is 2.38. The predicted molar refractivity (Wildman–Crippen MR) is 182 cm³/mol. The highest BCUT2D eigenvalue weighted by atomic mass is 15.2. The molecule has 4 heteroatoms. The Bertz CT molecular complexity index is 2150. The number of hydrogen-bond acceptors (Lipinski definition) is 3. The second-order valence-corrected chi connectivity index (χ2v) is 10.8. The van der Waals surface area contributed by atoms with Gasteiger partial charge >= 0.3 is 0 Å². The van der Waals surface area contributed by atoms with Crippen molar-refractivity contribution in [3.63, 3.8) is 0 Å². The highest BCUT2D eigenvalue weighted by molar-refractivity contribution is 6.10. The lowest BCUT2D eigenvalue weighted by molar-refractivity contribution is 0.988. The minimum absolute atomic E-state index is 0.674. The Hall–Kier alpha value is -6.00. The summed E-state index contributed by atoms with van der Waals surface area (Å²) in [5.74, 6) is 0.674. The fourth-order valence-electron chi connectivity index (χ4n) is 6.03. The maximum absolute atomic E-state index is 4.57. The van der Waals surface area contributed by atoms with Crippen LogP contribution in [0.15, 0.2) is 170 Å². The summed E-state index contributed by atoms with van der Waals surface area (Å²) in [4.78, 5) is 11.4. The number of aromatic nitrogens is 3. The molecule has 0 aliphatic heterocycles. The van der Waals surface area contributed by atoms with E-state index in [1.165, 1.54) is 21.9 Å². The fraction of sp³-hybridized carbons (Fsp3) is 0. The number of hydrogen-bond donors (Lipinski definition) is 0. The van der Waals surface area contributed by atoms with Crippen molar-refractivity contribution < 1.29 is 0 Å². The topological polar surface area (TPSA) is 34.0 Å². The van der Waals surface area contributed by atoms with Crippen molar-refractivity contribution >= 4 is 38.9 Å². The van der Waals surface area contributed by atoms with Crippen LogP contribution in [0.1, 0.15) is 0 Å². The fourth-order valence-corrected chi connectivity index (χ4v) is 6.03. The molecule has 0 N–H and O–H groups in total. The molecule has 4 nitrogen and oxygen atoms in total. The number of para-hydroxylation sites is 3.